The maximum Gasteiger partial charge on any atom is 0.359 e. The van der Waals surface area contributed by atoms with Gasteiger partial charge in [0.2, 0.25) is 5.78 Å². The van der Waals surface area contributed by atoms with E-state index in [2.05, 4.69) is 6.58 Å². The highest BCUT2D eigenvalue weighted by Crippen LogP contribution is 2.49. The molecule has 0 unspecified atom stereocenters. The van der Waals surface area contributed by atoms with Gasteiger partial charge in [0.05, 0.1) is 5.41 Å². The van der Waals surface area contributed by atoms with Gasteiger partial charge >= 0.3 is 5.97 Å². The molecule has 20 heavy (non-hydrogen) atoms. The van der Waals surface area contributed by atoms with E-state index in [4.69, 9.17) is 9.47 Å². The lowest BCUT2D eigenvalue weighted by molar-refractivity contribution is -0.158. The van der Waals surface area contributed by atoms with E-state index in [0.29, 0.717) is 5.76 Å². The van der Waals surface area contributed by atoms with Gasteiger partial charge in [0, 0.05) is 11.6 Å². The molecule has 1 aromatic rings. The maximum atomic E-state index is 12.4. The van der Waals surface area contributed by atoms with Gasteiger partial charge in [0.15, 0.2) is 0 Å². The SMILES string of the molecule is C=C[C@@]1(C)COC(=O)[C@@]12OC(c1ccccc1)=CC2=O. The Kier molecular flexibility index (Phi) is 2.57. The molecule has 102 valence electrons. The Morgan fingerprint density at radius 1 is 1.25 bits per heavy atom. The van der Waals surface area contributed by atoms with Crippen LogP contribution in [0.3, 0.4) is 0 Å². The Morgan fingerprint density at radius 3 is 2.60 bits per heavy atom. The zero-order valence-corrected chi connectivity index (χ0v) is 11.1. The molecule has 4 nitrogen and oxygen atoms in total. The van der Waals surface area contributed by atoms with Crippen LogP contribution in [0, 0.1) is 5.41 Å². The normalized spacial score (nSPS) is 31.9. The summed E-state index contributed by atoms with van der Waals surface area (Å²) in [6.45, 7) is 5.55. The number of esters is 1. The van der Waals surface area contributed by atoms with Crippen molar-refractivity contribution >= 4 is 17.5 Å². The number of carbonyl (C=O) groups excluding carboxylic acids is 2. The van der Waals surface area contributed by atoms with Crippen molar-refractivity contribution in [1.82, 2.24) is 0 Å². The monoisotopic (exact) mass is 270 g/mol. The average Bonchev–Trinajstić information content (AvgIpc) is 2.95. The molecule has 3 rings (SSSR count). The molecule has 0 bridgehead atoms. The molecule has 2 aliphatic rings. The van der Waals surface area contributed by atoms with Gasteiger partial charge in [-0.2, -0.15) is 0 Å². The first-order valence-electron chi connectivity index (χ1n) is 6.35. The summed E-state index contributed by atoms with van der Waals surface area (Å²) in [7, 11) is 0. The van der Waals surface area contributed by atoms with Gasteiger partial charge in [-0.15, -0.1) is 6.58 Å². The Hall–Kier alpha value is -2.36. The van der Waals surface area contributed by atoms with E-state index in [-0.39, 0.29) is 12.4 Å². The van der Waals surface area contributed by atoms with Gasteiger partial charge in [0.1, 0.15) is 12.4 Å². The first-order valence-corrected chi connectivity index (χ1v) is 6.35. The molecule has 2 heterocycles. The van der Waals surface area contributed by atoms with E-state index in [1.165, 1.54) is 6.08 Å². The molecular weight excluding hydrogens is 256 g/mol. The van der Waals surface area contributed by atoms with Crippen molar-refractivity contribution in [2.75, 3.05) is 6.61 Å². The lowest BCUT2D eigenvalue weighted by Crippen LogP contribution is -2.52. The molecule has 2 aliphatic heterocycles. The van der Waals surface area contributed by atoms with E-state index in [1.807, 2.05) is 30.3 Å². The summed E-state index contributed by atoms with van der Waals surface area (Å²) >= 11 is 0. The zero-order valence-electron chi connectivity index (χ0n) is 11.1. The standard InChI is InChI=1S/C16H14O4/c1-3-15(2)10-19-14(18)16(15)13(17)9-12(20-16)11-7-5-4-6-8-11/h3-9H,1,10H2,2H3/t15-,16+/m0/s1. The van der Waals surface area contributed by atoms with Gasteiger partial charge in [-0.05, 0) is 6.92 Å². The number of benzene rings is 1. The minimum absolute atomic E-state index is 0.0942. The molecule has 0 N–H and O–H groups in total. The largest absolute Gasteiger partial charge is 0.465 e. The second-order valence-electron chi connectivity index (χ2n) is 5.22. The van der Waals surface area contributed by atoms with Crippen molar-refractivity contribution < 1.29 is 19.1 Å². The maximum absolute atomic E-state index is 12.4. The van der Waals surface area contributed by atoms with Crippen molar-refractivity contribution in [3.63, 3.8) is 0 Å². The predicted molar refractivity (Wildman–Crippen MR) is 72.5 cm³/mol. The van der Waals surface area contributed by atoms with Crippen molar-refractivity contribution in [3.8, 4) is 0 Å². The summed E-state index contributed by atoms with van der Waals surface area (Å²) in [5.41, 5.74) is -1.74. The summed E-state index contributed by atoms with van der Waals surface area (Å²) in [6.07, 6.45) is 2.92. The fourth-order valence-corrected chi connectivity index (χ4v) is 2.60. The number of cyclic esters (lactones) is 1. The van der Waals surface area contributed by atoms with Crippen LogP contribution in [-0.4, -0.2) is 24.0 Å². The number of rotatable bonds is 2. The van der Waals surface area contributed by atoms with Crippen molar-refractivity contribution in [2.24, 2.45) is 5.41 Å². The minimum Gasteiger partial charge on any atom is -0.465 e. The lowest BCUT2D eigenvalue weighted by atomic mass is 9.73. The van der Waals surface area contributed by atoms with Crippen LogP contribution in [0.25, 0.3) is 5.76 Å². The summed E-state index contributed by atoms with van der Waals surface area (Å²) in [5, 5.41) is 0. The molecule has 0 radical (unpaired) electrons. The number of hydrogen-bond donors (Lipinski definition) is 0. The van der Waals surface area contributed by atoms with Gasteiger partial charge < -0.3 is 9.47 Å². The van der Waals surface area contributed by atoms with Crippen LogP contribution < -0.4 is 0 Å². The quantitative estimate of drug-likeness (QED) is 0.469. The van der Waals surface area contributed by atoms with Crippen LogP contribution in [0.2, 0.25) is 0 Å². The third kappa shape index (κ3) is 1.42. The van der Waals surface area contributed by atoms with E-state index in [0.717, 1.165) is 5.56 Å². The van der Waals surface area contributed by atoms with Crippen LogP contribution >= 0.6 is 0 Å². The van der Waals surface area contributed by atoms with Crippen LogP contribution in [0.4, 0.5) is 0 Å². The highest BCUT2D eigenvalue weighted by atomic mass is 16.6. The molecule has 4 heteroatoms. The molecular formula is C16H14O4. The van der Waals surface area contributed by atoms with Gasteiger partial charge in [0.25, 0.3) is 5.60 Å². The fraction of sp³-hybridized carbons (Fsp3) is 0.250. The fourth-order valence-electron chi connectivity index (χ4n) is 2.60. The van der Waals surface area contributed by atoms with Crippen molar-refractivity contribution in [2.45, 2.75) is 12.5 Å². The second-order valence-corrected chi connectivity index (χ2v) is 5.22. The van der Waals surface area contributed by atoms with Crippen molar-refractivity contribution in [3.05, 3.63) is 54.6 Å². The average molecular weight is 270 g/mol. The van der Waals surface area contributed by atoms with Gasteiger partial charge in [-0.25, -0.2) is 4.79 Å². The Balaban J connectivity index is 2.05. The van der Waals surface area contributed by atoms with E-state index >= 15 is 0 Å². The molecule has 0 aromatic heterocycles. The van der Waals surface area contributed by atoms with Gasteiger partial charge in [-0.1, -0.05) is 36.4 Å². The first-order chi connectivity index (χ1) is 9.53. The van der Waals surface area contributed by atoms with Crippen LogP contribution in [-0.2, 0) is 19.1 Å². The van der Waals surface area contributed by atoms with E-state index < -0.39 is 17.0 Å². The van der Waals surface area contributed by atoms with Crippen LogP contribution in [0.15, 0.2) is 49.1 Å². The Morgan fingerprint density at radius 2 is 1.95 bits per heavy atom. The third-order valence-corrected chi connectivity index (χ3v) is 3.98. The van der Waals surface area contributed by atoms with Crippen LogP contribution in [0.5, 0.6) is 0 Å². The molecule has 1 fully saturated rings. The summed E-state index contributed by atoms with van der Waals surface area (Å²) in [4.78, 5) is 24.5. The number of ketones is 1. The second kappa shape index (κ2) is 4.07. The molecule has 1 aromatic carbocycles. The predicted octanol–water partition coefficient (Wildman–Crippen LogP) is 2.11. The van der Waals surface area contributed by atoms with E-state index in [9.17, 15) is 9.59 Å². The number of carbonyl (C=O) groups is 2. The molecule has 0 amide bonds. The van der Waals surface area contributed by atoms with Crippen molar-refractivity contribution in [1.29, 1.82) is 0 Å². The summed E-state index contributed by atoms with van der Waals surface area (Å²) < 4.78 is 10.9. The Labute approximate surface area is 116 Å². The highest BCUT2D eigenvalue weighted by molar-refractivity contribution is 6.19. The van der Waals surface area contributed by atoms with Gasteiger partial charge in [-0.3, -0.25) is 4.79 Å². The molecule has 0 aliphatic carbocycles. The van der Waals surface area contributed by atoms with Crippen LogP contribution in [0.1, 0.15) is 12.5 Å². The number of hydrogen-bond acceptors (Lipinski definition) is 4. The Bertz CT molecular complexity index is 631. The smallest absolute Gasteiger partial charge is 0.359 e. The zero-order chi connectivity index (χ0) is 14.4. The summed E-state index contributed by atoms with van der Waals surface area (Å²) in [5.74, 6) is -0.643. The molecule has 1 spiro atoms. The third-order valence-electron chi connectivity index (χ3n) is 3.98. The lowest BCUT2D eigenvalue weighted by Gasteiger charge is -2.31. The topological polar surface area (TPSA) is 52.6 Å². The summed E-state index contributed by atoms with van der Waals surface area (Å²) in [6, 6.07) is 9.20. The minimum atomic E-state index is -1.63. The molecule has 2 atom stereocenters. The van der Waals surface area contributed by atoms with E-state index in [1.54, 1.807) is 13.0 Å². The first kappa shape index (κ1) is 12.7. The molecule has 0 saturated carbocycles. The highest BCUT2D eigenvalue weighted by Gasteiger charge is 2.68. The number of ether oxygens (including phenoxy) is 2. The molecule has 1 saturated heterocycles.